The molecule has 1 aromatic rings. The predicted octanol–water partition coefficient (Wildman–Crippen LogP) is 0.542. The van der Waals surface area contributed by atoms with Crippen molar-refractivity contribution < 1.29 is 23.6 Å². The van der Waals surface area contributed by atoms with Gasteiger partial charge in [0, 0.05) is 18.9 Å². The number of carbonyl (C=O) groups excluding carboxylic acids is 4. The standard InChI is InChI=1S/C19H26ClFN6O4/c1-19(2,3)8-12(25-16(29)13-9-22-6-7-23-13)17(30)26-27(18(31)14(20)21)10-11-4-5-24-15(11)28/h6-7,9,11-12,14H,4-5,8,10H2,1-3H3,(H,24,28)(H,25,29)(H,26,30). The van der Waals surface area contributed by atoms with Gasteiger partial charge in [-0.15, -0.1) is 0 Å². The molecule has 0 saturated carbocycles. The van der Waals surface area contributed by atoms with Gasteiger partial charge in [-0.2, -0.15) is 0 Å². The predicted molar refractivity (Wildman–Crippen MR) is 109 cm³/mol. The highest BCUT2D eigenvalue weighted by atomic mass is 35.5. The van der Waals surface area contributed by atoms with Crippen LogP contribution in [-0.2, 0) is 14.4 Å². The van der Waals surface area contributed by atoms with Crippen molar-refractivity contribution in [3.05, 3.63) is 24.3 Å². The van der Waals surface area contributed by atoms with Crippen molar-refractivity contribution in [2.24, 2.45) is 11.3 Å². The smallest absolute Gasteiger partial charge is 0.291 e. The number of carbonyl (C=O) groups is 4. The van der Waals surface area contributed by atoms with Crippen LogP contribution >= 0.6 is 11.6 Å². The first-order chi connectivity index (χ1) is 14.5. The monoisotopic (exact) mass is 456 g/mol. The van der Waals surface area contributed by atoms with Crippen LogP contribution in [0.25, 0.3) is 0 Å². The number of nitrogens with zero attached hydrogens (tertiary/aromatic N) is 3. The lowest BCUT2D eigenvalue weighted by molar-refractivity contribution is -0.145. The molecule has 2 heterocycles. The Morgan fingerprint density at radius 3 is 2.58 bits per heavy atom. The van der Waals surface area contributed by atoms with Crippen molar-refractivity contribution in [3.8, 4) is 0 Å². The maximum atomic E-state index is 13.5. The Bertz CT molecular complexity index is 817. The number of hydrazine groups is 1. The molecule has 0 bridgehead atoms. The fourth-order valence-electron chi connectivity index (χ4n) is 3.03. The number of hydrogen-bond acceptors (Lipinski definition) is 6. The molecule has 1 fully saturated rings. The summed E-state index contributed by atoms with van der Waals surface area (Å²) in [6.45, 7) is 5.77. The van der Waals surface area contributed by atoms with Gasteiger partial charge in [0.2, 0.25) is 5.91 Å². The second kappa shape index (κ2) is 10.5. The van der Waals surface area contributed by atoms with Gasteiger partial charge in [0.1, 0.15) is 11.7 Å². The maximum absolute atomic E-state index is 13.5. The molecule has 1 saturated heterocycles. The van der Waals surface area contributed by atoms with E-state index < -0.39 is 35.3 Å². The highest BCUT2D eigenvalue weighted by Gasteiger charge is 2.34. The second-order valence-corrected chi connectivity index (χ2v) is 8.77. The van der Waals surface area contributed by atoms with Gasteiger partial charge in [-0.05, 0) is 18.3 Å². The summed E-state index contributed by atoms with van der Waals surface area (Å²) < 4.78 is 13.5. The summed E-state index contributed by atoms with van der Waals surface area (Å²) in [5, 5.41) is 5.87. The zero-order valence-corrected chi connectivity index (χ0v) is 18.3. The van der Waals surface area contributed by atoms with Crippen LogP contribution in [0.1, 0.15) is 44.1 Å². The molecule has 0 spiro atoms. The third-order valence-electron chi connectivity index (χ3n) is 4.50. The molecule has 4 amide bonds. The Kier molecular flexibility index (Phi) is 8.26. The van der Waals surface area contributed by atoms with E-state index in [9.17, 15) is 23.6 Å². The first-order valence-corrected chi connectivity index (χ1v) is 10.2. The van der Waals surface area contributed by atoms with E-state index in [1.807, 2.05) is 20.8 Å². The molecule has 3 unspecified atom stereocenters. The highest BCUT2D eigenvalue weighted by Crippen LogP contribution is 2.21. The summed E-state index contributed by atoms with van der Waals surface area (Å²) in [4.78, 5) is 57.2. The fraction of sp³-hybridized carbons (Fsp3) is 0.579. The van der Waals surface area contributed by atoms with Crippen LogP contribution in [0.3, 0.4) is 0 Å². The third kappa shape index (κ3) is 7.42. The van der Waals surface area contributed by atoms with Crippen molar-refractivity contribution in [2.45, 2.75) is 45.3 Å². The van der Waals surface area contributed by atoms with E-state index in [2.05, 4.69) is 26.0 Å². The van der Waals surface area contributed by atoms with Gasteiger partial charge in [0.05, 0.1) is 18.7 Å². The number of aromatic nitrogens is 2. The Balaban J connectivity index is 2.18. The summed E-state index contributed by atoms with van der Waals surface area (Å²) in [7, 11) is 0. The summed E-state index contributed by atoms with van der Waals surface area (Å²) in [5.74, 6) is -3.51. The van der Waals surface area contributed by atoms with Crippen LogP contribution in [0.2, 0.25) is 0 Å². The summed E-state index contributed by atoms with van der Waals surface area (Å²) in [6.07, 6.45) is 4.61. The summed E-state index contributed by atoms with van der Waals surface area (Å²) >= 11 is 5.28. The van der Waals surface area contributed by atoms with Gasteiger partial charge in [0.15, 0.2) is 0 Å². The van der Waals surface area contributed by atoms with E-state index in [0.29, 0.717) is 18.0 Å². The molecular formula is C19H26ClFN6O4. The van der Waals surface area contributed by atoms with E-state index in [1.165, 1.54) is 18.6 Å². The van der Waals surface area contributed by atoms with Crippen molar-refractivity contribution >= 4 is 35.2 Å². The number of halogens is 2. The normalized spacial score (nSPS) is 18.0. The lowest BCUT2D eigenvalue weighted by Gasteiger charge is -2.30. The number of alkyl halides is 2. The minimum absolute atomic E-state index is 0.00866. The van der Waals surface area contributed by atoms with E-state index >= 15 is 0 Å². The second-order valence-electron chi connectivity index (χ2n) is 8.38. The Labute approximate surface area is 184 Å². The number of amides is 4. The molecule has 1 aliphatic heterocycles. The van der Waals surface area contributed by atoms with Crippen LogP contribution in [-0.4, -0.2) is 63.4 Å². The first kappa shape index (κ1) is 24.4. The molecule has 0 radical (unpaired) electrons. The van der Waals surface area contributed by atoms with Crippen molar-refractivity contribution in [1.82, 2.24) is 31.0 Å². The molecular weight excluding hydrogens is 431 g/mol. The van der Waals surface area contributed by atoms with Crippen LogP contribution in [0.4, 0.5) is 4.39 Å². The first-order valence-electron chi connectivity index (χ1n) is 9.72. The van der Waals surface area contributed by atoms with E-state index in [4.69, 9.17) is 11.6 Å². The largest absolute Gasteiger partial charge is 0.356 e. The zero-order valence-electron chi connectivity index (χ0n) is 17.5. The number of hydrogen-bond donors (Lipinski definition) is 3. The molecule has 3 atom stereocenters. The average molecular weight is 457 g/mol. The Morgan fingerprint density at radius 2 is 2.06 bits per heavy atom. The van der Waals surface area contributed by atoms with E-state index in [0.717, 1.165) is 0 Å². The molecule has 0 aromatic carbocycles. The lowest BCUT2D eigenvalue weighted by Crippen LogP contribution is -2.57. The Hall–Kier alpha value is -2.82. The summed E-state index contributed by atoms with van der Waals surface area (Å²) in [5.41, 5.74) is -0.461. The third-order valence-corrected chi connectivity index (χ3v) is 4.68. The number of nitrogens with one attached hydrogen (secondary N) is 3. The van der Waals surface area contributed by atoms with E-state index in [-0.39, 0.29) is 30.0 Å². The van der Waals surface area contributed by atoms with Crippen molar-refractivity contribution in [3.63, 3.8) is 0 Å². The van der Waals surface area contributed by atoms with Crippen molar-refractivity contribution in [1.29, 1.82) is 0 Å². The molecule has 170 valence electrons. The number of rotatable bonds is 7. The minimum Gasteiger partial charge on any atom is -0.356 e. The van der Waals surface area contributed by atoms with E-state index in [1.54, 1.807) is 0 Å². The Morgan fingerprint density at radius 1 is 1.35 bits per heavy atom. The van der Waals surface area contributed by atoms with Crippen molar-refractivity contribution in [2.75, 3.05) is 13.1 Å². The molecule has 2 rings (SSSR count). The fourth-order valence-corrected chi connectivity index (χ4v) is 3.15. The van der Waals surface area contributed by atoms with Gasteiger partial charge >= 0.3 is 0 Å². The van der Waals surface area contributed by atoms with Gasteiger partial charge < -0.3 is 10.6 Å². The average Bonchev–Trinajstić information content (AvgIpc) is 3.10. The molecule has 0 aliphatic carbocycles. The van der Waals surface area contributed by atoms with Gasteiger partial charge in [-0.3, -0.25) is 29.6 Å². The van der Waals surface area contributed by atoms with Crippen LogP contribution in [0.15, 0.2) is 18.6 Å². The molecule has 1 aliphatic rings. The molecule has 31 heavy (non-hydrogen) atoms. The van der Waals surface area contributed by atoms with Gasteiger partial charge in [-0.25, -0.2) is 14.4 Å². The molecule has 3 N–H and O–H groups in total. The van der Waals surface area contributed by atoms with Gasteiger partial charge in [-0.1, -0.05) is 32.4 Å². The van der Waals surface area contributed by atoms with Crippen LogP contribution < -0.4 is 16.1 Å². The lowest BCUT2D eigenvalue weighted by atomic mass is 9.87. The summed E-state index contributed by atoms with van der Waals surface area (Å²) in [6, 6.07) is -1.07. The molecule has 12 heteroatoms. The SMILES string of the molecule is CC(C)(C)CC(NC(=O)c1cnccn1)C(=O)NN(CC1CCNC1=O)C(=O)C(F)Cl. The topological polar surface area (TPSA) is 133 Å². The van der Waals surface area contributed by atoms with Gasteiger partial charge in [0.25, 0.3) is 23.4 Å². The minimum atomic E-state index is -2.40. The quantitative estimate of drug-likeness (QED) is 0.405. The maximum Gasteiger partial charge on any atom is 0.291 e. The zero-order chi connectivity index (χ0) is 23.2. The highest BCUT2D eigenvalue weighted by molar-refractivity contribution is 6.29. The van der Waals surface area contributed by atoms with Crippen LogP contribution in [0.5, 0.6) is 0 Å². The van der Waals surface area contributed by atoms with Crippen LogP contribution in [0, 0.1) is 11.3 Å². The molecule has 1 aromatic heterocycles. The molecule has 10 nitrogen and oxygen atoms in total.